The normalized spacial score (nSPS) is 17.1. The summed E-state index contributed by atoms with van der Waals surface area (Å²) in [6.07, 6.45) is 2.13. The summed E-state index contributed by atoms with van der Waals surface area (Å²) in [6, 6.07) is 18.0. The SMILES string of the molecule is Cc1cccc(OCC(=O)N2CCCC(COCc3ccccc3)C2)c1. The maximum absolute atomic E-state index is 12.5. The van der Waals surface area contributed by atoms with Crippen molar-refractivity contribution in [2.45, 2.75) is 26.4 Å². The van der Waals surface area contributed by atoms with Crippen LogP contribution in [0.1, 0.15) is 24.0 Å². The van der Waals surface area contributed by atoms with Gasteiger partial charge in [0, 0.05) is 13.1 Å². The fraction of sp³-hybridized carbons (Fsp3) is 0.409. The van der Waals surface area contributed by atoms with Crippen LogP contribution in [0, 0.1) is 12.8 Å². The van der Waals surface area contributed by atoms with Crippen LogP contribution in [0.15, 0.2) is 54.6 Å². The van der Waals surface area contributed by atoms with E-state index in [1.54, 1.807) is 0 Å². The molecule has 1 unspecified atom stereocenters. The van der Waals surface area contributed by atoms with Crippen molar-refractivity contribution in [2.75, 3.05) is 26.3 Å². The summed E-state index contributed by atoms with van der Waals surface area (Å²) in [5.41, 5.74) is 2.31. The number of aryl methyl sites for hydroxylation is 1. The van der Waals surface area contributed by atoms with Crippen LogP contribution >= 0.6 is 0 Å². The Hall–Kier alpha value is -2.33. The minimum absolute atomic E-state index is 0.0549. The lowest BCUT2D eigenvalue weighted by Crippen LogP contribution is -2.43. The summed E-state index contributed by atoms with van der Waals surface area (Å²) in [6.45, 7) is 5.00. The smallest absolute Gasteiger partial charge is 0.260 e. The van der Waals surface area contributed by atoms with Gasteiger partial charge in [-0.05, 0) is 48.9 Å². The second-order valence-corrected chi connectivity index (χ2v) is 6.95. The number of ether oxygens (including phenoxy) is 2. The zero-order valence-corrected chi connectivity index (χ0v) is 15.4. The van der Waals surface area contributed by atoms with Crippen molar-refractivity contribution in [3.63, 3.8) is 0 Å². The molecule has 0 N–H and O–H groups in total. The number of benzene rings is 2. The molecule has 4 heteroatoms. The van der Waals surface area contributed by atoms with Crippen LogP contribution in [-0.2, 0) is 16.1 Å². The molecule has 2 aromatic rings. The predicted octanol–water partition coefficient (Wildman–Crippen LogP) is 3.83. The highest BCUT2D eigenvalue weighted by Gasteiger charge is 2.24. The number of hydrogen-bond acceptors (Lipinski definition) is 3. The van der Waals surface area contributed by atoms with Crippen LogP contribution in [0.25, 0.3) is 0 Å². The van der Waals surface area contributed by atoms with E-state index in [1.807, 2.05) is 54.3 Å². The van der Waals surface area contributed by atoms with Crippen LogP contribution in [-0.4, -0.2) is 37.1 Å². The number of nitrogens with zero attached hydrogens (tertiary/aromatic N) is 1. The lowest BCUT2D eigenvalue weighted by atomic mass is 9.99. The first kappa shape index (κ1) is 18.5. The summed E-state index contributed by atoms with van der Waals surface area (Å²) in [4.78, 5) is 14.4. The summed E-state index contributed by atoms with van der Waals surface area (Å²) >= 11 is 0. The van der Waals surface area contributed by atoms with Crippen LogP contribution in [0.2, 0.25) is 0 Å². The molecule has 26 heavy (non-hydrogen) atoms. The fourth-order valence-corrected chi connectivity index (χ4v) is 3.29. The highest BCUT2D eigenvalue weighted by molar-refractivity contribution is 5.77. The number of rotatable bonds is 7. The Morgan fingerprint density at radius 1 is 1.15 bits per heavy atom. The maximum Gasteiger partial charge on any atom is 0.260 e. The minimum Gasteiger partial charge on any atom is -0.484 e. The maximum atomic E-state index is 12.5. The molecule has 138 valence electrons. The summed E-state index contributed by atoms with van der Waals surface area (Å²) < 4.78 is 11.5. The van der Waals surface area contributed by atoms with E-state index in [-0.39, 0.29) is 12.5 Å². The van der Waals surface area contributed by atoms with Gasteiger partial charge >= 0.3 is 0 Å². The molecule has 1 aliphatic rings. The fourth-order valence-electron chi connectivity index (χ4n) is 3.29. The van der Waals surface area contributed by atoms with Gasteiger partial charge in [0.25, 0.3) is 5.91 Å². The van der Waals surface area contributed by atoms with Gasteiger partial charge < -0.3 is 14.4 Å². The molecule has 2 aromatic carbocycles. The van der Waals surface area contributed by atoms with E-state index in [0.29, 0.717) is 19.1 Å². The number of hydrogen-bond donors (Lipinski definition) is 0. The van der Waals surface area contributed by atoms with Crippen LogP contribution in [0.5, 0.6) is 5.75 Å². The van der Waals surface area contributed by atoms with Gasteiger partial charge in [-0.15, -0.1) is 0 Å². The largest absolute Gasteiger partial charge is 0.484 e. The van der Waals surface area contributed by atoms with Gasteiger partial charge in [0.1, 0.15) is 5.75 Å². The van der Waals surface area contributed by atoms with Crippen molar-refractivity contribution >= 4 is 5.91 Å². The van der Waals surface area contributed by atoms with E-state index < -0.39 is 0 Å². The highest BCUT2D eigenvalue weighted by atomic mass is 16.5. The quantitative estimate of drug-likeness (QED) is 0.759. The third kappa shape index (κ3) is 5.60. The van der Waals surface area contributed by atoms with Gasteiger partial charge in [-0.25, -0.2) is 0 Å². The molecule has 0 bridgehead atoms. The van der Waals surface area contributed by atoms with Crippen LogP contribution in [0.4, 0.5) is 0 Å². The lowest BCUT2D eigenvalue weighted by molar-refractivity contribution is -0.135. The number of likely N-dealkylation sites (tertiary alicyclic amines) is 1. The average molecular weight is 353 g/mol. The second-order valence-electron chi connectivity index (χ2n) is 6.95. The van der Waals surface area contributed by atoms with Crippen molar-refractivity contribution in [3.05, 3.63) is 65.7 Å². The first-order chi connectivity index (χ1) is 12.7. The first-order valence-electron chi connectivity index (χ1n) is 9.29. The third-order valence-electron chi connectivity index (χ3n) is 4.69. The Labute approximate surface area is 155 Å². The van der Waals surface area contributed by atoms with E-state index >= 15 is 0 Å². The molecular weight excluding hydrogens is 326 g/mol. The van der Waals surface area contributed by atoms with Gasteiger partial charge in [0.15, 0.2) is 6.61 Å². The van der Waals surface area contributed by atoms with Crippen molar-refractivity contribution in [2.24, 2.45) is 5.92 Å². The molecule has 1 aliphatic heterocycles. The van der Waals surface area contributed by atoms with E-state index in [0.717, 1.165) is 37.2 Å². The molecule has 0 aromatic heterocycles. The molecule has 1 saturated heterocycles. The molecule has 0 aliphatic carbocycles. The highest BCUT2D eigenvalue weighted by Crippen LogP contribution is 2.18. The molecule has 0 radical (unpaired) electrons. The number of amides is 1. The topological polar surface area (TPSA) is 38.8 Å². The van der Waals surface area contributed by atoms with Gasteiger partial charge in [0.2, 0.25) is 0 Å². The number of carbonyl (C=O) groups excluding carboxylic acids is 1. The molecular formula is C22H27NO3. The Balaban J connectivity index is 1.41. The number of piperidine rings is 1. The van der Waals surface area contributed by atoms with E-state index in [1.165, 1.54) is 5.56 Å². The van der Waals surface area contributed by atoms with Crippen LogP contribution in [0.3, 0.4) is 0 Å². The van der Waals surface area contributed by atoms with Gasteiger partial charge in [-0.2, -0.15) is 0 Å². The molecule has 4 nitrogen and oxygen atoms in total. The molecule has 0 saturated carbocycles. The monoisotopic (exact) mass is 353 g/mol. The molecule has 1 atom stereocenters. The second kappa shape index (κ2) is 9.39. The zero-order valence-electron chi connectivity index (χ0n) is 15.4. The van der Waals surface area contributed by atoms with Gasteiger partial charge in [-0.3, -0.25) is 4.79 Å². The lowest BCUT2D eigenvalue weighted by Gasteiger charge is -2.32. The van der Waals surface area contributed by atoms with Crippen molar-refractivity contribution in [3.8, 4) is 5.75 Å². The summed E-state index contributed by atoms with van der Waals surface area (Å²) in [5, 5.41) is 0. The molecule has 3 rings (SSSR count). The zero-order chi connectivity index (χ0) is 18.2. The molecule has 1 fully saturated rings. The van der Waals surface area contributed by atoms with E-state index in [2.05, 4.69) is 12.1 Å². The van der Waals surface area contributed by atoms with Crippen LogP contribution < -0.4 is 4.74 Å². The average Bonchev–Trinajstić information content (AvgIpc) is 2.67. The predicted molar refractivity (Wildman–Crippen MR) is 102 cm³/mol. The minimum atomic E-state index is 0.0549. The first-order valence-corrected chi connectivity index (χ1v) is 9.29. The number of carbonyl (C=O) groups is 1. The van der Waals surface area contributed by atoms with Crippen molar-refractivity contribution in [1.29, 1.82) is 0 Å². The molecule has 1 amide bonds. The van der Waals surface area contributed by atoms with Gasteiger partial charge in [0.05, 0.1) is 13.2 Å². The summed E-state index contributed by atoms with van der Waals surface area (Å²) in [7, 11) is 0. The summed E-state index contributed by atoms with van der Waals surface area (Å²) in [5.74, 6) is 1.20. The van der Waals surface area contributed by atoms with Crippen molar-refractivity contribution < 1.29 is 14.3 Å². The Bertz CT molecular complexity index is 702. The third-order valence-corrected chi connectivity index (χ3v) is 4.69. The standard InChI is InChI=1S/C22H27NO3/c1-18-7-5-11-21(13-18)26-17-22(24)23-12-6-10-20(14-23)16-25-15-19-8-3-2-4-9-19/h2-5,7-9,11,13,20H,6,10,12,14-17H2,1H3. The Kier molecular flexibility index (Phi) is 6.67. The Morgan fingerprint density at radius 3 is 2.81 bits per heavy atom. The van der Waals surface area contributed by atoms with E-state index in [9.17, 15) is 4.79 Å². The van der Waals surface area contributed by atoms with Gasteiger partial charge in [-0.1, -0.05) is 42.5 Å². The van der Waals surface area contributed by atoms with Crippen molar-refractivity contribution in [1.82, 2.24) is 4.90 Å². The van der Waals surface area contributed by atoms with E-state index in [4.69, 9.17) is 9.47 Å². The Morgan fingerprint density at radius 2 is 2.00 bits per heavy atom. The molecule has 1 heterocycles. The molecule has 0 spiro atoms.